The molecule has 0 fully saturated rings. The Morgan fingerprint density at radius 3 is 2.42 bits per heavy atom. The van der Waals surface area contributed by atoms with Gasteiger partial charge in [0.25, 0.3) is 10.0 Å². The van der Waals surface area contributed by atoms with Gasteiger partial charge in [0.15, 0.2) is 0 Å². The Bertz CT molecular complexity index is 756. The van der Waals surface area contributed by atoms with Gasteiger partial charge in [0, 0.05) is 10.6 Å². The summed E-state index contributed by atoms with van der Waals surface area (Å²) in [6.45, 7) is 1.49. The zero-order chi connectivity index (χ0) is 14.4. The maximum Gasteiger partial charge on any atom is 0.251 e. The normalized spacial score (nSPS) is 11.8. The van der Waals surface area contributed by atoms with E-state index in [-0.39, 0.29) is 27.0 Å². The van der Waals surface area contributed by atoms with E-state index < -0.39 is 15.8 Å². The molecule has 0 aliphatic rings. The fourth-order valence-electron chi connectivity index (χ4n) is 1.64. The number of halogens is 3. The first-order chi connectivity index (χ1) is 8.71. The molecule has 1 aromatic heterocycles. The van der Waals surface area contributed by atoms with Crippen LogP contribution >= 0.6 is 23.2 Å². The lowest BCUT2D eigenvalue weighted by atomic mass is 10.1. The summed E-state index contributed by atoms with van der Waals surface area (Å²) in [5, 5.41) is 4.18. The van der Waals surface area contributed by atoms with Crippen molar-refractivity contribution in [2.24, 2.45) is 0 Å². The second kappa shape index (κ2) is 4.77. The minimum Gasteiger partial charge on any atom is -0.206 e. The number of hydrogen-bond acceptors (Lipinski definition) is 3. The van der Waals surface area contributed by atoms with Crippen molar-refractivity contribution in [1.29, 1.82) is 0 Å². The highest BCUT2D eigenvalue weighted by Crippen LogP contribution is 2.32. The third kappa shape index (κ3) is 2.61. The fourth-order valence-corrected chi connectivity index (χ4v) is 2.89. The van der Waals surface area contributed by atoms with Crippen LogP contribution in [0.25, 0.3) is 11.3 Å². The van der Waals surface area contributed by atoms with Gasteiger partial charge in [-0.15, -0.1) is 0 Å². The Labute approximate surface area is 119 Å². The lowest BCUT2D eigenvalue weighted by Gasteiger charge is -2.00. The summed E-state index contributed by atoms with van der Waals surface area (Å²) in [5.74, 6) is -0.618. The first kappa shape index (κ1) is 14.3. The van der Waals surface area contributed by atoms with Gasteiger partial charge in [0.1, 0.15) is 11.5 Å². The molecule has 0 spiro atoms. The summed E-state index contributed by atoms with van der Waals surface area (Å²) < 4.78 is 37.6. The summed E-state index contributed by atoms with van der Waals surface area (Å²) in [4.78, 5) is 0. The SMILES string of the molecule is Cc1c(Cl)c(-c2ccc(Cl)cc2F)nn1S(C)(=O)=O. The summed E-state index contributed by atoms with van der Waals surface area (Å²) >= 11 is 11.7. The Balaban J connectivity index is 2.71. The van der Waals surface area contributed by atoms with Crippen molar-refractivity contribution in [2.75, 3.05) is 6.26 Å². The van der Waals surface area contributed by atoms with E-state index >= 15 is 0 Å². The standard InChI is InChI=1S/C11H9Cl2FN2O2S/c1-6-10(13)11(15-16(6)19(2,17)18)8-4-3-7(12)5-9(8)14/h3-5H,1-2H3. The predicted octanol–water partition coefficient (Wildman–Crippen LogP) is 3.11. The van der Waals surface area contributed by atoms with Crippen LogP contribution < -0.4 is 0 Å². The van der Waals surface area contributed by atoms with Gasteiger partial charge in [0.2, 0.25) is 0 Å². The second-order valence-electron chi connectivity index (χ2n) is 3.98. The zero-order valence-corrected chi connectivity index (χ0v) is 12.3. The number of nitrogens with zero attached hydrogens (tertiary/aromatic N) is 2. The van der Waals surface area contributed by atoms with Crippen molar-refractivity contribution >= 4 is 33.2 Å². The van der Waals surface area contributed by atoms with E-state index in [9.17, 15) is 12.8 Å². The van der Waals surface area contributed by atoms with Gasteiger partial charge in [-0.25, -0.2) is 12.8 Å². The minimum absolute atomic E-state index is 0.0683. The van der Waals surface area contributed by atoms with E-state index in [2.05, 4.69) is 5.10 Å². The molecule has 0 atom stereocenters. The smallest absolute Gasteiger partial charge is 0.206 e. The maximum absolute atomic E-state index is 13.8. The molecule has 102 valence electrons. The Hall–Kier alpha value is -1.11. The molecule has 0 saturated carbocycles. The van der Waals surface area contributed by atoms with Gasteiger partial charge in [-0.1, -0.05) is 23.2 Å². The Morgan fingerprint density at radius 1 is 1.32 bits per heavy atom. The van der Waals surface area contributed by atoms with Crippen LogP contribution in [0.4, 0.5) is 4.39 Å². The second-order valence-corrected chi connectivity index (χ2v) is 6.60. The number of hydrogen-bond donors (Lipinski definition) is 0. The number of benzene rings is 1. The van der Waals surface area contributed by atoms with Crippen LogP contribution in [0.5, 0.6) is 0 Å². The molecule has 2 aromatic rings. The molecule has 0 unspecified atom stereocenters. The predicted molar refractivity (Wildman–Crippen MR) is 72.6 cm³/mol. The monoisotopic (exact) mass is 322 g/mol. The number of aromatic nitrogens is 2. The Morgan fingerprint density at radius 2 is 1.95 bits per heavy atom. The molecule has 0 saturated heterocycles. The molecule has 0 radical (unpaired) electrons. The van der Waals surface area contributed by atoms with Crippen LogP contribution in [0.1, 0.15) is 5.69 Å². The topological polar surface area (TPSA) is 52.0 Å². The third-order valence-corrected chi connectivity index (χ3v) is 4.18. The average Bonchev–Trinajstić information content (AvgIpc) is 2.56. The highest BCUT2D eigenvalue weighted by molar-refractivity contribution is 7.89. The molecular weight excluding hydrogens is 314 g/mol. The molecule has 0 bridgehead atoms. The molecule has 0 aliphatic heterocycles. The highest BCUT2D eigenvalue weighted by Gasteiger charge is 2.21. The van der Waals surface area contributed by atoms with Gasteiger partial charge in [0.05, 0.1) is 17.0 Å². The molecule has 2 rings (SSSR count). The third-order valence-electron chi connectivity index (χ3n) is 2.50. The largest absolute Gasteiger partial charge is 0.251 e. The van der Waals surface area contributed by atoms with Crippen LogP contribution in [-0.4, -0.2) is 23.9 Å². The molecule has 1 aromatic carbocycles. The van der Waals surface area contributed by atoms with E-state index in [0.717, 1.165) is 16.4 Å². The lowest BCUT2D eigenvalue weighted by molar-refractivity contribution is 0.584. The van der Waals surface area contributed by atoms with Crippen molar-refractivity contribution < 1.29 is 12.8 Å². The van der Waals surface area contributed by atoms with Crippen molar-refractivity contribution in [1.82, 2.24) is 9.19 Å². The van der Waals surface area contributed by atoms with Crippen LogP contribution in [0.15, 0.2) is 18.2 Å². The van der Waals surface area contributed by atoms with E-state index in [1.54, 1.807) is 0 Å². The van der Waals surface area contributed by atoms with Gasteiger partial charge < -0.3 is 0 Å². The fraction of sp³-hybridized carbons (Fsp3) is 0.182. The average molecular weight is 323 g/mol. The summed E-state index contributed by atoms with van der Waals surface area (Å²) in [5.41, 5.74) is 0.396. The van der Waals surface area contributed by atoms with Crippen molar-refractivity contribution in [3.8, 4) is 11.3 Å². The number of rotatable bonds is 2. The van der Waals surface area contributed by atoms with E-state index in [0.29, 0.717) is 0 Å². The molecule has 19 heavy (non-hydrogen) atoms. The molecule has 0 amide bonds. The van der Waals surface area contributed by atoms with Crippen LogP contribution in [0.2, 0.25) is 10.0 Å². The summed E-state index contributed by atoms with van der Waals surface area (Å²) in [6, 6.07) is 3.99. The highest BCUT2D eigenvalue weighted by atomic mass is 35.5. The molecule has 8 heteroatoms. The van der Waals surface area contributed by atoms with Crippen molar-refractivity contribution in [3.05, 3.63) is 39.8 Å². The van der Waals surface area contributed by atoms with Crippen LogP contribution in [0.3, 0.4) is 0 Å². The first-order valence-corrected chi connectivity index (χ1v) is 7.73. The minimum atomic E-state index is -3.59. The lowest BCUT2D eigenvalue weighted by Crippen LogP contribution is -2.13. The van der Waals surface area contributed by atoms with E-state index in [1.807, 2.05) is 0 Å². The maximum atomic E-state index is 13.8. The van der Waals surface area contributed by atoms with Crippen LogP contribution in [0, 0.1) is 12.7 Å². The Kier molecular flexibility index (Phi) is 3.59. The van der Waals surface area contributed by atoms with Gasteiger partial charge in [-0.2, -0.15) is 9.19 Å². The van der Waals surface area contributed by atoms with E-state index in [4.69, 9.17) is 23.2 Å². The van der Waals surface area contributed by atoms with Gasteiger partial charge in [-0.05, 0) is 25.1 Å². The molecule has 0 N–H and O–H groups in total. The first-order valence-electron chi connectivity index (χ1n) is 5.13. The quantitative estimate of drug-likeness (QED) is 0.853. The van der Waals surface area contributed by atoms with Gasteiger partial charge in [-0.3, -0.25) is 0 Å². The molecule has 4 nitrogen and oxygen atoms in total. The zero-order valence-electron chi connectivity index (χ0n) is 9.99. The van der Waals surface area contributed by atoms with Crippen molar-refractivity contribution in [2.45, 2.75) is 6.92 Å². The van der Waals surface area contributed by atoms with E-state index in [1.165, 1.54) is 19.1 Å². The summed E-state index contributed by atoms with van der Waals surface area (Å²) in [6.07, 6.45) is 0.991. The van der Waals surface area contributed by atoms with Crippen LogP contribution in [-0.2, 0) is 10.0 Å². The molecule has 1 heterocycles. The molecule has 0 aliphatic carbocycles. The van der Waals surface area contributed by atoms with Gasteiger partial charge >= 0.3 is 0 Å². The van der Waals surface area contributed by atoms with Crippen molar-refractivity contribution in [3.63, 3.8) is 0 Å². The summed E-state index contributed by atoms with van der Waals surface area (Å²) in [7, 11) is -3.59. The molecular formula is C11H9Cl2FN2O2S.